The van der Waals surface area contributed by atoms with Crippen molar-refractivity contribution < 1.29 is 14.6 Å². The average molecular weight is 303 g/mol. The van der Waals surface area contributed by atoms with Crippen LogP contribution in [-0.4, -0.2) is 41.2 Å². The van der Waals surface area contributed by atoms with E-state index in [9.17, 15) is 5.11 Å². The van der Waals surface area contributed by atoms with Crippen molar-refractivity contribution in [2.75, 3.05) is 13.2 Å². The van der Waals surface area contributed by atoms with Crippen LogP contribution >= 0.6 is 0 Å². The molecule has 0 saturated heterocycles. The van der Waals surface area contributed by atoms with Crippen LogP contribution in [0.2, 0.25) is 0 Å². The summed E-state index contributed by atoms with van der Waals surface area (Å²) in [6, 6.07) is 0. The van der Waals surface area contributed by atoms with E-state index in [1.807, 2.05) is 0 Å². The quantitative estimate of drug-likeness (QED) is 0.723. The fourth-order valence-electron chi connectivity index (χ4n) is 1.61. The molecule has 0 heterocycles. The molecule has 0 bridgehead atoms. The molecular weight excluding hydrogens is 266 g/mol. The fraction of sp³-hybridized carbons (Fsp3) is 1.00. The van der Waals surface area contributed by atoms with E-state index in [2.05, 4.69) is 48.5 Å². The second-order valence-electron chi connectivity index (χ2n) is 8.75. The van der Waals surface area contributed by atoms with E-state index in [0.29, 0.717) is 6.61 Å². The van der Waals surface area contributed by atoms with Crippen molar-refractivity contribution in [3.8, 4) is 0 Å². The molecule has 0 amide bonds. The van der Waals surface area contributed by atoms with E-state index in [1.165, 1.54) is 0 Å². The summed E-state index contributed by atoms with van der Waals surface area (Å²) in [6.07, 6.45) is 0.206. The molecule has 0 spiro atoms. The van der Waals surface area contributed by atoms with Crippen LogP contribution in [-0.2, 0) is 9.47 Å². The Morgan fingerprint density at radius 3 is 1.76 bits per heavy atom. The van der Waals surface area contributed by atoms with Gasteiger partial charge in [0.2, 0.25) is 0 Å². The summed E-state index contributed by atoms with van der Waals surface area (Å²) < 4.78 is 11.8. The van der Waals surface area contributed by atoms with Crippen LogP contribution in [0.3, 0.4) is 0 Å². The number of ether oxygens (including phenoxy) is 2. The third-order valence-corrected chi connectivity index (χ3v) is 4.35. The normalized spacial score (nSPS) is 16.1. The molecule has 21 heavy (non-hydrogen) atoms. The SMILES string of the molecule is CC(C)(C)OCCC(C)(C)C(C)(C)OCC(O)C(C)(C)N. The third-order valence-electron chi connectivity index (χ3n) is 4.35. The third kappa shape index (κ3) is 7.59. The molecule has 128 valence electrons. The van der Waals surface area contributed by atoms with Crippen LogP contribution in [0.15, 0.2) is 0 Å². The highest BCUT2D eigenvalue weighted by Gasteiger charge is 2.39. The molecule has 0 aromatic rings. The number of rotatable bonds is 8. The van der Waals surface area contributed by atoms with Crippen molar-refractivity contribution >= 4 is 0 Å². The molecular formula is C17H37NO3. The van der Waals surface area contributed by atoms with Gasteiger partial charge in [-0.2, -0.15) is 0 Å². The number of aliphatic hydroxyl groups is 1. The van der Waals surface area contributed by atoms with Gasteiger partial charge in [-0.1, -0.05) is 13.8 Å². The summed E-state index contributed by atoms with van der Waals surface area (Å²) in [5, 5.41) is 10.0. The molecule has 1 unspecified atom stereocenters. The first-order valence-electron chi connectivity index (χ1n) is 7.83. The highest BCUT2D eigenvalue weighted by atomic mass is 16.5. The smallest absolute Gasteiger partial charge is 0.0947 e. The van der Waals surface area contributed by atoms with E-state index >= 15 is 0 Å². The van der Waals surface area contributed by atoms with Gasteiger partial charge in [0.05, 0.1) is 23.9 Å². The zero-order chi connectivity index (χ0) is 17.1. The lowest BCUT2D eigenvalue weighted by Gasteiger charge is -2.43. The maximum atomic E-state index is 10.0. The van der Waals surface area contributed by atoms with Crippen LogP contribution in [0.4, 0.5) is 0 Å². The predicted molar refractivity (Wildman–Crippen MR) is 88.4 cm³/mol. The van der Waals surface area contributed by atoms with E-state index in [-0.39, 0.29) is 23.2 Å². The molecule has 0 radical (unpaired) electrons. The van der Waals surface area contributed by atoms with Gasteiger partial charge in [-0.3, -0.25) is 0 Å². The maximum absolute atomic E-state index is 10.0. The molecule has 0 aromatic carbocycles. The lowest BCUT2D eigenvalue weighted by atomic mass is 9.74. The van der Waals surface area contributed by atoms with E-state index in [0.717, 1.165) is 6.42 Å². The van der Waals surface area contributed by atoms with E-state index in [1.54, 1.807) is 13.8 Å². The first-order valence-corrected chi connectivity index (χ1v) is 7.83. The van der Waals surface area contributed by atoms with Gasteiger partial charge in [-0.05, 0) is 60.3 Å². The first-order chi connectivity index (χ1) is 9.08. The monoisotopic (exact) mass is 303 g/mol. The molecule has 0 rings (SSSR count). The van der Waals surface area contributed by atoms with Gasteiger partial charge in [-0.15, -0.1) is 0 Å². The summed E-state index contributed by atoms with van der Waals surface area (Å²) in [4.78, 5) is 0. The van der Waals surface area contributed by atoms with Crippen molar-refractivity contribution in [3.05, 3.63) is 0 Å². The largest absolute Gasteiger partial charge is 0.389 e. The summed E-state index contributed by atoms with van der Waals surface area (Å²) in [5.74, 6) is 0. The van der Waals surface area contributed by atoms with Crippen LogP contribution in [0.1, 0.15) is 68.7 Å². The Labute approximate surface area is 131 Å². The Morgan fingerprint density at radius 1 is 0.905 bits per heavy atom. The second-order valence-corrected chi connectivity index (χ2v) is 8.75. The van der Waals surface area contributed by atoms with Crippen molar-refractivity contribution in [1.82, 2.24) is 0 Å². The number of nitrogens with two attached hydrogens (primary N) is 1. The molecule has 1 atom stereocenters. The minimum Gasteiger partial charge on any atom is -0.389 e. The highest BCUT2D eigenvalue weighted by Crippen LogP contribution is 2.37. The molecule has 0 aliphatic heterocycles. The second kappa shape index (κ2) is 6.95. The number of hydrogen-bond acceptors (Lipinski definition) is 4. The van der Waals surface area contributed by atoms with Gasteiger partial charge in [0, 0.05) is 12.1 Å². The standard InChI is InChI=1S/C17H37NO3/c1-14(2,3)20-11-10-15(4,5)17(8,9)21-12-13(19)16(6,7)18/h13,19H,10-12,18H2,1-9H3. The molecule has 3 N–H and O–H groups in total. The minimum atomic E-state index is -0.682. The first kappa shape index (κ1) is 20.8. The zero-order valence-electron chi connectivity index (χ0n) is 15.5. The maximum Gasteiger partial charge on any atom is 0.0947 e. The molecule has 0 saturated carbocycles. The highest BCUT2D eigenvalue weighted by molar-refractivity contribution is 4.89. The Kier molecular flexibility index (Phi) is 6.89. The average Bonchev–Trinajstić information content (AvgIpc) is 2.22. The predicted octanol–water partition coefficient (Wildman–Crippen LogP) is 3.11. The molecule has 4 nitrogen and oxygen atoms in total. The summed E-state index contributed by atoms with van der Waals surface area (Å²) in [7, 11) is 0. The van der Waals surface area contributed by atoms with Crippen molar-refractivity contribution in [2.24, 2.45) is 11.1 Å². The molecule has 0 aliphatic carbocycles. The fourth-order valence-corrected chi connectivity index (χ4v) is 1.61. The molecule has 0 aromatic heterocycles. The number of hydrogen-bond donors (Lipinski definition) is 2. The Hall–Kier alpha value is -0.160. The van der Waals surface area contributed by atoms with Crippen molar-refractivity contribution in [1.29, 1.82) is 0 Å². The lowest BCUT2D eigenvalue weighted by molar-refractivity contribution is -0.139. The van der Waals surface area contributed by atoms with Gasteiger partial charge in [-0.25, -0.2) is 0 Å². The summed E-state index contributed by atoms with van der Waals surface area (Å²) in [6.45, 7) is 19.1. The van der Waals surface area contributed by atoms with E-state index in [4.69, 9.17) is 15.2 Å². The zero-order valence-corrected chi connectivity index (χ0v) is 15.5. The van der Waals surface area contributed by atoms with Gasteiger partial charge in [0.25, 0.3) is 0 Å². The minimum absolute atomic E-state index is 0.0727. The van der Waals surface area contributed by atoms with E-state index < -0.39 is 11.6 Å². The summed E-state index contributed by atoms with van der Waals surface area (Å²) >= 11 is 0. The van der Waals surface area contributed by atoms with Crippen molar-refractivity contribution in [3.63, 3.8) is 0 Å². The van der Waals surface area contributed by atoms with Crippen molar-refractivity contribution in [2.45, 2.75) is 91.6 Å². The lowest BCUT2D eigenvalue weighted by Crippen LogP contribution is -2.51. The Bertz CT molecular complexity index is 311. The topological polar surface area (TPSA) is 64.7 Å². The molecule has 0 fully saturated rings. The Balaban J connectivity index is 4.51. The van der Waals surface area contributed by atoms with Gasteiger partial charge >= 0.3 is 0 Å². The summed E-state index contributed by atoms with van der Waals surface area (Å²) in [5.41, 5.74) is 4.67. The Morgan fingerprint density at radius 2 is 1.38 bits per heavy atom. The molecule has 0 aliphatic rings. The molecule has 4 heteroatoms. The van der Waals surface area contributed by atoms with Gasteiger partial charge < -0.3 is 20.3 Å². The van der Waals surface area contributed by atoms with Gasteiger partial charge in [0.15, 0.2) is 0 Å². The van der Waals surface area contributed by atoms with Gasteiger partial charge in [0.1, 0.15) is 0 Å². The van der Waals surface area contributed by atoms with Crippen LogP contribution in [0.25, 0.3) is 0 Å². The van der Waals surface area contributed by atoms with Crippen LogP contribution in [0.5, 0.6) is 0 Å². The van der Waals surface area contributed by atoms with Crippen LogP contribution in [0, 0.1) is 5.41 Å². The van der Waals surface area contributed by atoms with Crippen LogP contribution < -0.4 is 5.73 Å². The number of aliphatic hydroxyl groups excluding tert-OH is 1.